The van der Waals surface area contributed by atoms with Gasteiger partial charge >= 0.3 is 0 Å². The minimum Gasteiger partial charge on any atom is -0.491 e. The molecule has 0 saturated heterocycles. The third-order valence-electron chi connectivity index (χ3n) is 7.64. The Balaban J connectivity index is 1.59. The van der Waals surface area contributed by atoms with Crippen LogP contribution in [0.15, 0.2) is 66.9 Å². The summed E-state index contributed by atoms with van der Waals surface area (Å²) in [5, 5.41) is 2.92. The van der Waals surface area contributed by atoms with Crippen LogP contribution in [0.4, 0.5) is 5.69 Å². The first-order chi connectivity index (χ1) is 19.8. The normalized spacial score (nSPS) is 20.4. The van der Waals surface area contributed by atoms with Crippen molar-refractivity contribution < 1.29 is 19.1 Å². The molecule has 8 nitrogen and oxygen atoms in total. The second-order valence-corrected chi connectivity index (χ2v) is 10.9. The maximum atomic E-state index is 13.5. The van der Waals surface area contributed by atoms with Crippen LogP contribution < -0.4 is 10.1 Å². The maximum absolute atomic E-state index is 13.5. The number of pyridine rings is 1. The summed E-state index contributed by atoms with van der Waals surface area (Å²) < 4.78 is 12.2. The average molecular weight is 559 g/mol. The maximum Gasteiger partial charge on any atom is 0.257 e. The first-order valence-corrected chi connectivity index (χ1v) is 14.4. The monoisotopic (exact) mass is 558 g/mol. The molecule has 4 rings (SSSR count). The van der Waals surface area contributed by atoms with E-state index in [1.165, 1.54) is 5.56 Å². The first-order valence-electron chi connectivity index (χ1n) is 14.4. The van der Waals surface area contributed by atoms with Crippen LogP contribution in [-0.4, -0.2) is 72.6 Å². The highest BCUT2D eigenvalue weighted by Gasteiger charge is 2.28. The Morgan fingerprint density at radius 3 is 2.56 bits per heavy atom. The van der Waals surface area contributed by atoms with Crippen molar-refractivity contribution in [3.05, 3.63) is 78.0 Å². The molecule has 2 amide bonds. The molecule has 0 aliphatic carbocycles. The topological polar surface area (TPSA) is 84.0 Å². The van der Waals surface area contributed by atoms with Gasteiger partial charge in [0.25, 0.3) is 5.91 Å². The summed E-state index contributed by atoms with van der Waals surface area (Å²) >= 11 is 0. The van der Waals surface area contributed by atoms with E-state index >= 15 is 0 Å². The Morgan fingerprint density at radius 1 is 1.10 bits per heavy atom. The van der Waals surface area contributed by atoms with Crippen LogP contribution in [0.1, 0.15) is 49.5 Å². The van der Waals surface area contributed by atoms with Crippen molar-refractivity contribution >= 4 is 17.5 Å². The molecular formula is C33H42N4O4. The SMILES string of the molecule is CCCC(=O)Nc1ccc2c(c1)OC[C@H](C)N(Cc1ccc(-c3ccccn3)cc1)C[C@H](C)[C@@H](OC)CN(C)C2=O. The van der Waals surface area contributed by atoms with Crippen molar-refractivity contribution in [2.45, 2.75) is 52.3 Å². The second kappa shape index (κ2) is 14.2. The summed E-state index contributed by atoms with van der Waals surface area (Å²) in [6.07, 6.45) is 2.86. The van der Waals surface area contributed by atoms with Gasteiger partial charge in [-0.1, -0.05) is 44.2 Å². The van der Waals surface area contributed by atoms with Gasteiger partial charge in [0.1, 0.15) is 12.4 Å². The van der Waals surface area contributed by atoms with Gasteiger partial charge in [0.2, 0.25) is 5.91 Å². The van der Waals surface area contributed by atoms with Crippen LogP contribution in [0.2, 0.25) is 0 Å². The van der Waals surface area contributed by atoms with E-state index in [1.807, 2.05) is 25.1 Å². The summed E-state index contributed by atoms with van der Waals surface area (Å²) in [7, 11) is 3.49. The van der Waals surface area contributed by atoms with Gasteiger partial charge in [-0.25, -0.2) is 0 Å². The molecule has 1 aromatic heterocycles. The molecule has 3 atom stereocenters. The number of anilines is 1. The molecule has 1 N–H and O–H groups in total. The predicted octanol–water partition coefficient (Wildman–Crippen LogP) is 5.49. The fourth-order valence-electron chi connectivity index (χ4n) is 5.14. The number of amides is 2. The molecular weight excluding hydrogens is 516 g/mol. The minimum absolute atomic E-state index is 0.0452. The number of nitrogens with one attached hydrogen (secondary N) is 1. The van der Waals surface area contributed by atoms with Crippen molar-refractivity contribution in [2.24, 2.45) is 5.92 Å². The lowest BCUT2D eigenvalue weighted by atomic mass is 10.0. The first kappa shape index (κ1) is 30.2. The molecule has 2 heterocycles. The van der Waals surface area contributed by atoms with Crippen LogP contribution in [0.5, 0.6) is 5.75 Å². The van der Waals surface area contributed by atoms with Gasteiger partial charge in [-0.15, -0.1) is 0 Å². The van der Waals surface area contributed by atoms with Gasteiger partial charge in [-0.2, -0.15) is 0 Å². The summed E-state index contributed by atoms with van der Waals surface area (Å²) in [5.41, 5.74) is 4.31. The van der Waals surface area contributed by atoms with E-state index in [2.05, 4.69) is 53.3 Å². The van der Waals surface area contributed by atoms with Gasteiger partial charge in [0.15, 0.2) is 0 Å². The zero-order chi connectivity index (χ0) is 29.4. The Bertz CT molecular complexity index is 1300. The Hall–Kier alpha value is -3.75. The van der Waals surface area contributed by atoms with Gasteiger partial charge in [-0.05, 0) is 49.1 Å². The number of carbonyl (C=O) groups excluding carboxylic acids is 2. The summed E-state index contributed by atoms with van der Waals surface area (Å²) in [6, 6.07) is 19.7. The van der Waals surface area contributed by atoms with Crippen LogP contribution in [0.25, 0.3) is 11.3 Å². The number of nitrogens with zero attached hydrogens (tertiary/aromatic N) is 3. The second-order valence-electron chi connectivity index (χ2n) is 10.9. The molecule has 1 aliphatic heterocycles. The van der Waals surface area contributed by atoms with Gasteiger partial charge in [0.05, 0.1) is 17.4 Å². The summed E-state index contributed by atoms with van der Waals surface area (Å²) in [6.45, 7) is 8.62. The molecule has 0 bridgehead atoms. The lowest BCUT2D eigenvalue weighted by Crippen LogP contribution is -2.46. The van der Waals surface area contributed by atoms with E-state index in [-0.39, 0.29) is 29.9 Å². The average Bonchev–Trinajstić information content (AvgIpc) is 2.98. The van der Waals surface area contributed by atoms with E-state index in [4.69, 9.17) is 9.47 Å². The van der Waals surface area contributed by atoms with Crippen LogP contribution >= 0.6 is 0 Å². The van der Waals surface area contributed by atoms with E-state index in [0.717, 1.165) is 30.8 Å². The predicted molar refractivity (Wildman–Crippen MR) is 162 cm³/mol. The van der Waals surface area contributed by atoms with Crippen LogP contribution in [0.3, 0.4) is 0 Å². The number of carbonyl (C=O) groups is 2. The molecule has 41 heavy (non-hydrogen) atoms. The van der Waals surface area contributed by atoms with Crippen molar-refractivity contribution in [1.29, 1.82) is 0 Å². The van der Waals surface area contributed by atoms with E-state index in [9.17, 15) is 9.59 Å². The largest absolute Gasteiger partial charge is 0.491 e. The smallest absolute Gasteiger partial charge is 0.257 e. The van der Waals surface area contributed by atoms with Crippen LogP contribution in [0, 0.1) is 5.92 Å². The fourth-order valence-corrected chi connectivity index (χ4v) is 5.14. The van der Waals surface area contributed by atoms with Gasteiger partial charge in [-0.3, -0.25) is 19.5 Å². The number of methoxy groups -OCH3 is 1. The third kappa shape index (κ3) is 7.93. The number of benzene rings is 2. The highest BCUT2D eigenvalue weighted by molar-refractivity contribution is 5.98. The number of fused-ring (bicyclic) bond motifs is 1. The lowest BCUT2D eigenvalue weighted by Gasteiger charge is -2.36. The Kier molecular flexibility index (Phi) is 10.5. The summed E-state index contributed by atoms with van der Waals surface area (Å²) in [5.74, 6) is 0.430. The molecule has 0 spiro atoms. The van der Waals surface area contributed by atoms with Crippen molar-refractivity contribution in [3.8, 4) is 17.0 Å². The number of hydrogen-bond donors (Lipinski definition) is 1. The van der Waals surface area contributed by atoms with Crippen LogP contribution in [-0.2, 0) is 16.1 Å². The van der Waals surface area contributed by atoms with E-state index in [1.54, 1.807) is 43.5 Å². The van der Waals surface area contributed by atoms with E-state index < -0.39 is 0 Å². The highest BCUT2D eigenvalue weighted by Crippen LogP contribution is 2.27. The van der Waals surface area contributed by atoms with Gasteiger partial charge < -0.3 is 19.7 Å². The number of rotatable bonds is 7. The number of hydrogen-bond acceptors (Lipinski definition) is 6. The molecule has 218 valence electrons. The molecule has 2 aromatic carbocycles. The van der Waals surface area contributed by atoms with Crippen molar-refractivity contribution in [1.82, 2.24) is 14.8 Å². The molecule has 0 saturated carbocycles. The molecule has 0 unspecified atom stereocenters. The zero-order valence-electron chi connectivity index (χ0n) is 24.8. The quantitative estimate of drug-likeness (QED) is 0.413. The lowest BCUT2D eigenvalue weighted by molar-refractivity contribution is -0.116. The number of aromatic nitrogens is 1. The zero-order valence-corrected chi connectivity index (χ0v) is 24.8. The van der Waals surface area contributed by atoms with E-state index in [0.29, 0.717) is 36.6 Å². The third-order valence-corrected chi connectivity index (χ3v) is 7.64. The van der Waals surface area contributed by atoms with Gasteiger partial charge in [0, 0.05) is 69.8 Å². The van der Waals surface area contributed by atoms with Crippen molar-refractivity contribution in [3.63, 3.8) is 0 Å². The molecule has 0 fully saturated rings. The Labute approximate surface area is 243 Å². The highest BCUT2D eigenvalue weighted by atomic mass is 16.5. The number of ether oxygens (including phenoxy) is 2. The molecule has 3 aromatic rings. The number of likely N-dealkylation sites (N-methyl/N-ethyl adjacent to an activating group) is 1. The Morgan fingerprint density at radius 2 is 1.88 bits per heavy atom. The molecule has 8 heteroatoms. The fraction of sp³-hybridized carbons (Fsp3) is 0.424. The molecule has 0 radical (unpaired) electrons. The minimum atomic E-state index is -0.140. The summed E-state index contributed by atoms with van der Waals surface area (Å²) in [4.78, 5) is 34.2. The standard InChI is InChI=1S/C33H42N4O4/c1-6-9-32(38)35-27-15-16-28-30(18-27)41-22-24(3)37(19-23(2)31(40-5)21-36(4)33(28)39)20-25-11-13-26(14-12-25)29-10-7-8-17-34-29/h7-8,10-18,23-24,31H,6,9,19-22H2,1-5H3,(H,35,38)/t23-,24-,31-/m0/s1. The van der Waals surface area contributed by atoms with Crippen molar-refractivity contribution in [2.75, 3.05) is 39.2 Å². The molecule has 1 aliphatic rings.